The predicted molar refractivity (Wildman–Crippen MR) is 62.5 cm³/mol. The smallest absolute Gasteiger partial charge is 0.183 e. The molecule has 2 aromatic heterocycles. The van der Waals surface area contributed by atoms with E-state index in [9.17, 15) is 5.11 Å². The summed E-state index contributed by atoms with van der Waals surface area (Å²) in [6, 6.07) is 5.53. The predicted octanol–water partition coefficient (Wildman–Crippen LogP) is 3.95. The van der Waals surface area contributed by atoms with Crippen molar-refractivity contribution < 1.29 is 9.52 Å². The molecule has 0 aromatic carbocycles. The summed E-state index contributed by atoms with van der Waals surface area (Å²) in [5.74, 6) is 0.534. The molecule has 0 bridgehead atoms. The Kier molecular flexibility index (Phi) is 3.11. The van der Waals surface area contributed by atoms with Gasteiger partial charge in [-0.3, -0.25) is 0 Å². The summed E-state index contributed by atoms with van der Waals surface area (Å²) in [5, 5.41) is 11.8. The third-order valence-electron chi connectivity index (χ3n) is 1.75. The molecule has 5 heteroatoms. The minimum absolute atomic E-state index is 0.534. The Morgan fingerprint density at radius 1 is 1.43 bits per heavy atom. The van der Waals surface area contributed by atoms with Crippen LogP contribution in [0.1, 0.15) is 16.7 Å². The molecule has 0 radical (unpaired) electrons. The number of rotatable bonds is 2. The summed E-state index contributed by atoms with van der Waals surface area (Å²) in [6.07, 6.45) is -0.683. The molecule has 0 aliphatic heterocycles. The molecule has 1 N–H and O–H groups in total. The van der Waals surface area contributed by atoms with E-state index in [2.05, 4.69) is 31.9 Å². The summed E-state index contributed by atoms with van der Waals surface area (Å²) in [7, 11) is 0. The van der Waals surface area contributed by atoms with Gasteiger partial charge in [0.2, 0.25) is 0 Å². The lowest BCUT2D eigenvalue weighted by atomic mass is 10.2. The van der Waals surface area contributed by atoms with Gasteiger partial charge in [-0.2, -0.15) is 0 Å². The van der Waals surface area contributed by atoms with Gasteiger partial charge < -0.3 is 9.52 Å². The Hall–Kier alpha value is -0.100. The quantitative estimate of drug-likeness (QED) is 0.900. The van der Waals surface area contributed by atoms with Crippen LogP contribution in [0.15, 0.2) is 37.1 Å². The van der Waals surface area contributed by atoms with Crippen molar-refractivity contribution in [2.75, 3.05) is 0 Å². The van der Waals surface area contributed by atoms with Crippen LogP contribution < -0.4 is 0 Å². The molecule has 0 saturated heterocycles. The fourth-order valence-electron chi connectivity index (χ4n) is 1.09. The van der Waals surface area contributed by atoms with Crippen molar-refractivity contribution in [1.82, 2.24) is 0 Å². The minimum Gasteiger partial charge on any atom is -0.450 e. The average molecular weight is 338 g/mol. The lowest BCUT2D eigenvalue weighted by molar-refractivity contribution is 0.191. The Labute approximate surface area is 102 Å². The zero-order valence-corrected chi connectivity index (χ0v) is 10.9. The third-order valence-corrected chi connectivity index (χ3v) is 4.38. The second kappa shape index (κ2) is 4.18. The molecule has 74 valence electrons. The van der Waals surface area contributed by atoms with Gasteiger partial charge in [-0.15, -0.1) is 11.3 Å². The number of halogens is 2. The first kappa shape index (κ1) is 10.4. The summed E-state index contributed by atoms with van der Waals surface area (Å²) in [5.41, 5.74) is 0. The molecule has 0 spiro atoms. The van der Waals surface area contributed by atoms with Crippen molar-refractivity contribution in [1.29, 1.82) is 0 Å². The van der Waals surface area contributed by atoms with Gasteiger partial charge in [0.1, 0.15) is 11.9 Å². The monoisotopic (exact) mass is 336 g/mol. The Bertz CT molecular complexity index is 402. The first-order valence-corrected chi connectivity index (χ1v) is 6.31. The van der Waals surface area contributed by atoms with Crippen LogP contribution in [0.2, 0.25) is 0 Å². The number of aliphatic hydroxyl groups excluding tert-OH is 1. The van der Waals surface area contributed by atoms with Crippen LogP contribution in [0.4, 0.5) is 0 Å². The minimum atomic E-state index is -0.683. The van der Waals surface area contributed by atoms with Crippen LogP contribution in [-0.2, 0) is 0 Å². The second-order valence-electron chi connectivity index (χ2n) is 2.69. The second-order valence-corrected chi connectivity index (χ2v) is 5.24. The van der Waals surface area contributed by atoms with Crippen molar-refractivity contribution in [2.45, 2.75) is 6.10 Å². The van der Waals surface area contributed by atoms with E-state index < -0.39 is 6.10 Å². The van der Waals surface area contributed by atoms with Crippen LogP contribution in [0, 0.1) is 0 Å². The maximum absolute atomic E-state index is 9.89. The van der Waals surface area contributed by atoms with E-state index in [1.807, 2.05) is 17.5 Å². The lowest BCUT2D eigenvalue weighted by Gasteiger charge is -2.03. The number of furan rings is 1. The number of hydrogen-bond acceptors (Lipinski definition) is 3. The average Bonchev–Trinajstić information content (AvgIpc) is 2.76. The van der Waals surface area contributed by atoms with E-state index in [1.165, 1.54) is 11.3 Å². The van der Waals surface area contributed by atoms with Gasteiger partial charge in [-0.25, -0.2) is 0 Å². The van der Waals surface area contributed by atoms with Crippen LogP contribution in [-0.4, -0.2) is 5.11 Å². The maximum Gasteiger partial charge on any atom is 0.183 e. The summed E-state index contributed by atoms with van der Waals surface area (Å²) in [4.78, 5) is 0.874. The summed E-state index contributed by atoms with van der Waals surface area (Å²) >= 11 is 8.03. The first-order chi connectivity index (χ1) is 6.68. The third kappa shape index (κ3) is 1.95. The van der Waals surface area contributed by atoms with Gasteiger partial charge in [0, 0.05) is 4.88 Å². The van der Waals surface area contributed by atoms with Crippen molar-refractivity contribution >= 4 is 43.2 Å². The molecular formula is C9H6Br2O2S. The van der Waals surface area contributed by atoms with E-state index >= 15 is 0 Å². The Balaban J connectivity index is 2.32. The Morgan fingerprint density at radius 2 is 2.21 bits per heavy atom. The molecule has 1 unspecified atom stereocenters. The van der Waals surface area contributed by atoms with E-state index in [-0.39, 0.29) is 0 Å². The lowest BCUT2D eigenvalue weighted by Crippen LogP contribution is -1.93. The van der Waals surface area contributed by atoms with Gasteiger partial charge in [0.15, 0.2) is 4.67 Å². The zero-order valence-electron chi connectivity index (χ0n) is 6.91. The molecule has 0 aliphatic rings. The van der Waals surface area contributed by atoms with Gasteiger partial charge in [0.05, 0.1) is 4.47 Å². The van der Waals surface area contributed by atoms with Crippen molar-refractivity contribution in [3.8, 4) is 0 Å². The largest absolute Gasteiger partial charge is 0.450 e. The molecule has 0 saturated carbocycles. The van der Waals surface area contributed by atoms with Gasteiger partial charge in [-0.05, 0) is 49.4 Å². The molecule has 2 nitrogen and oxygen atoms in total. The molecule has 2 aromatic rings. The molecule has 0 amide bonds. The van der Waals surface area contributed by atoms with Gasteiger partial charge in [0.25, 0.3) is 0 Å². The van der Waals surface area contributed by atoms with Crippen LogP contribution >= 0.6 is 43.2 Å². The molecule has 1 atom stereocenters. The highest BCUT2D eigenvalue weighted by Gasteiger charge is 2.17. The number of aliphatic hydroxyl groups is 1. The first-order valence-electron chi connectivity index (χ1n) is 3.84. The zero-order chi connectivity index (χ0) is 10.1. The normalized spacial score (nSPS) is 13.1. The molecule has 14 heavy (non-hydrogen) atoms. The molecule has 2 heterocycles. The maximum atomic E-state index is 9.89. The highest BCUT2D eigenvalue weighted by Crippen LogP contribution is 2.33. The van der Waals surface area contributed by atoms with E-state index in [0.717, 1.165) is 9.35 Å². The number of thiophene rings is 1. The fourth-order valence-corrected chi connectivity index (χ4v) is 2.41. The fraction of sp³-hybridized carbons (Fsp3) is 0.111. The van der Waals surface area contributed by atoms with Crippen molar-refractivity contribution in [3.63, 3.8) is 0 Å². The number of hydrogen-bond donors (Lipinski definition) is 1. The van der Waals surface area contributed by atoms with Crippen LogP contribution in [0.3, 0.4) is 0 Å². The van der Waals surface area contributed by atoms with Gasteiger partial charge >= 0.3 is 0 Å². The molecule has 2 rings (SSSR count). The van der Waals surface area contributed by atoms with E-state index in [4.69, 9.17) is 4.42 Å². The Morgan fingerprint density at radius 3 is 2.71 bits per heavy atom. The highest BCUT2D eigenvalue weighted by atomic mass is 79.9. The molecular weight excluding hydrogens is 332 g/mol. The SMILES string of the molecule is OC(c1cc(Br)c(Br)o1)c1cccs1. The van der Waals surface area contributed by atoms with E-state index in [0.29, 0.717) is 10.4 Å². The van der Waals surface area contributed by atoms with Crippen molar-refractivity contribution in [3.05, 3.63) is 43.4 Å². The molecule has 0 aliphatic carbocycles. The van der Waals surface area contributed by atoms with Crippen LogP contribution in [0.5, 0.6) is 0 Å². The van der Waals surface area contributed by atoms with Crippen LogP contribution in [0.25, 0.3) is 0 Å². The van der Waals surface area contributed by atoms with Crippen molar-refractivity contribution in [2.24, 2.45) is 0 Å². The van der Waals surface area contributed by atoms with E-state index in [1.54, 1.807) is 6.07 Å². The molecule has 0 fully saturated rings. The van der Waals surface area contributed by atoms with Gasteiger partial charge in [-0.1, -0.05) is 6.07 Å². The topological polar surface area (TPSA) is 33.4 Å². The summed E-state index contributed by atoms with van der Waals surface area (Å²) < 4.78 is 6.73. The standard InChI is InChI=1S/C9H6Br2O2S/c10-5-4-6(13-9(5)11)8(12)7-2-1-3-14-7/h1-4,8,12H. The summed E-state index contributed by atoms with van der Waals surface area (Å²) in [6.45, 7) is 0. The highest BCUT2D eigenvalue weighted by molar-refractivity contribution is 9.13.